The number of anilines is 1. The number of nitrogens with zero attached hydrogens (tertiary/aromatic N) is 1. The van der Waals surface area contributed by atoms with Crippen LogP contribution >= 0.6 is 47.2 Å². The third-order valence-electron chi connectivity index (χ3n) is 3.35. The summed E-state index contributed by atoms with van der Waals surface area (Å²) in [5.74, 6) is 0.537. The van der Waals surface area contributed by atoms with Crippen LogP contribution in [0.5, 0.6) is 5.75 Å². The first-order chi connectivity index (χ1) is 11.5. The Hall–Kier alpha value is -1.53. The first-order valence-electron chi connectivity index (χ1n) is 6.86. The molecule has 0 atom stereocenters. The summed E-state index contributed by atoms with van der Waals surface area (Å²) in [6.45, 7) is 0. The van der Waals surface area contributed by atoms with Crippen LogP contribution in [-0.4, -0.2) is 17.3 Å². The second kappa shape index (κ2) is 7.15. The lowest BCUT2D eigenvalue weighted by molar-refractivity contribution is -0.113. The number of hydrogen-bond acceptors (Lipinski definition) is 4. The minimum atomic E-state index is -0.189. The molecule has 2 aromatic rings. The van der Waals surface area contributed by atoms with Crippen LogP contribution < -0.4 is 9.64 Å². The molecule has 1 aliphatic heterocycles. The van der Waals surface area contributed by atoms with Crippen molar-refractivity contribution in [2.75, 3.05) is 12.0 Å². The van der Waals surface area contributed by atoms with Crippen molar-refractivity contribution in [3.8, 4) is 5.75 Å². The smallest absolute Gasteiger partial charge is 0.270 e. The molecule has 1 aliphatic rings. The van der Waals surface area contributed by atoms with E-state index in [-0.39, 0.29) is 5.91 Å². The van der Waals surface area contributed by atoms with Crippen molar-refractivity contribution < 1.29 is 9.53 Å². The van der Waals surface area contributed by atoms with E-state index in [1.807, 2.05) is 24.3 Å². The quantitative estimate of drug-likeness (QED) is 0.513. The SMILES string of the molecule is COc1cccc(C=C2SC(=S)N(c3ccc(Cl)c(Cl)c3)C2=O)c1. The van der Waals surface area contributed by atoms with Gasteiger partial charge in [0.05, 0.1) is 27.7 Å². The van der Waals surface area contributed by atoms with Crippen molar-refractivity contribution in [1.29, 1.82) is 0 Å². The summed E-state index contributed by atoms with van der Waals surface area (Å²) in [6, 6.07) is 12.4. The van der Waals surface area contributed by atoms with Crippen molar-refractivity contribution >= 4 is 69.2 Å². The zero-order valence-electron chi connectivity index (χ0n) is 12.5. The van der Waals surface area contributed by atoms with E-state index in [2.05, 4.69) is 0 Å². The van der Waals surface area contributed by atoms with Crippen LogP contribution in [0.25, 0.3) is 6.08 Å². The molecule has 0 N–H and O–H groups in total. The molecule has 1 fully saturated rings. The topological polar surface area (TPSA) is 29.5 Å². The lowest BCUT2D eigenvalue weighted by atomic mass is 10.2. The summed E-state index contributed by atoms with van der Waals surface area (Å²) >= 11 is 18.6. The normalized spacial score (nSPS) is 16.1. The summed E-state index contributed by atoms with van der Waals surface area (Å²) in [6.07, 6.45) is 1.79. The Morgan fingerprint density at radius 1 is 1.17 bits per heavy atom. The van der Waals surface area contributed by atoms with Crippen LogP contribution in [0.3, 0.4) is 0 Å². The number of halogens is 2. The van der Waals surface area contributed by atoms with Gasteiger partial charge in [0.1, 0.15) is 5.75 Å². The number of carbonyl (C=O) groups excluding carboxylic acids is 1. The van der Waals surface area contributed by atoms with Gasteiger partial charge < -0.3 is 4.74 Å². The van der Waals surface area contributed by atoms with E-state index in [0.717, 1.165) is 11.3 Å². The maximum absolute atomic E-state index is 12.7. The highest BCUT2D eigenvalue weighted by atomic mass is 35.5. The number of rotatable bonds is 3. The minimum Gasteiger partial charge on any atom is -0.497 e. The fraction of sp³-hybridized carbons (Fsp3) is 0.0588. The molecular weight excluding hydrogens is 385 g/mol. The Labute approximate surface area is 159 Å². The summed E-state index contributed by atoms with van der Waals surface area (Å²) in [4.78, 5) is 14.7. The fourth-order valence-corrected chi connectivity index (χ4v) is 3.79. The molecule has 7 heteroatoms. The van der Waals surface area contributed by atoms with E-state index in [1.54, 1.807) is 31.4 Å². The lowest BCUT2D eigenvalue weighted by Gasteiger charge is -2.15. The first-order valence-corrected chi connectivity index (χ1v) is 8.85. The maximum Gasteiger partial charge on any atom is 0.270 e. The van der Waals surface area contributed by atoms with E-state index in [9.17, 15) is 4.79 Å². The van der Waals surface area contributed by atoms with E-state index in [4.69, 9.17) is 40.2 Å². The molecule has 122 valence electrons. The third-order valence-corrected chi connectivity index (χ3v) is 5.39. The molecule has 0 aromatic heterocycles. The van der Waals surface area contributed by atoms with Crippen LogP contribution in [0.2, 0.25) is 10.0 Å². The predicted octanol–water partition coefficient (Wildman–Crippen LogP) is 5.41. The van der Waals surface area contributed by atoms with Crippen LogP contribution in [0.1, 0.15) is 5.56 Å². The molecule has 0 saturated carbocycles. The van der Waals surface area contributed by atoms with Crippen LogP contribution in [0.4, 0.5) is 5.69 Å². The standard InChI is InChI=1S/C17H11Cl2NO2S2/c1-22-12-4-2-3-10(7-12)8-15-16(21)20(17(23)24-15)11-5-6-13(18)14(19)9-11/h2-9H,1H3. The highest BCUT2D eigenvalue weighted by molar-refractivity contribution is 8.27. The Morgan fingerprint density at radius 2 is 1.96 bits per heavy atom. The van der Waals surface area contributed by atoms with E-state index < -0.39 is 0 Å². The second-order valence-corrected chi connectivity index (χ2v) is 7.38. The van der Waals surface area contributed by atoms with Gasteiger partial charge in [0, 0.05) is 0 Å². The van der Waals surface area contributed by atoms with Crippen molar-refractivity contribution in [3.05, 3.63) is 63.0 Å². The number of methoxy groups -OCH3 is 1. The number of ether oxygens (including phenoxy) is 1. The first kappa shape index (κ1) is 17.3. The van der Waals surface area contributed by atoms with Crippen LogP contribution in [0.15, 0.2) is 47.4 Å². The monoisotopic (exact) mass is 395 g/mol. The van der Waals surface area contributed by atoms with E-state index in [1.165, 1.54) is 16.7 Å². The Morgan fingerprint density at radius 3 is 2.67 bits per heavy atom. The predicted molar refractivity (Wildman–Crippen MR) is 105 cm³/mol. The third kappa shape index (κ3) is 3.44. The number of thioether (sulfide) groups is 1. The largest absolute Gasteiger partial charge is 0.497 e. The highest BCUT2D eigenvalue weighted by Crippen LogP contribution is 2.38. The van der Waals surface area contributed by atoms with Gasteiger partial charge in [-0.1, -0.05) is 59.3 Å². The van der Waals surface area contributed by atoms with Crippen molar-refractivity contribution in [3.63, 3.8) is 0 Å². The van der Waals surface area contributed by atoms with Gasteiger partial charge in [-0.15, -0.1) is 0 Å². The molecule has 0 bridgehead atoms. The van der Waals surface area contributed by atoms with Crippen LogP contribution in [-0.2, 0) is 4.79 Å². The van der Waals surface area contributed by atoms with Crippen molar-refractivity contribution in [2.45, 2.75) is 0 Å². The molecule has 1 amide bonds. The minimum absolute atomic E-state index is 0.189. The van der Waals surface area contributed by atoms with Gasteiger partial charge in [-0.25, -0.2) is 0 Å². The van der Waals surface area contributed by atoms with Gasteiger partial charge in [0.15, 0.2) is 4.32 Å². The zero-order valence-corrected chi connectivity index (χ0v) is 15.6. The van der Waals surface area contributed by atoms with Gasteiger partial charge in [-0.3, -0.25) is 9.69 Å². The Bertz CT molecular complexity index is 867. The number of hydrogen-bond donors (Lipinski definition) is 0. The molecular formula is C17H11Cl2NO2S2. The van der Waals surface area contributed by atoms with Gasteiger partial charge in [-0.2, -0.15) is 0 Å². The Kier molecular flexibility index (Phi) is 5.15. The summed E-state index contributed by atoms with van der Waals surface area (Å²) in [7, 11) is 1.60. The zero-order chi connectivity index (χ0) is 17.3. The molecule has 0 radical (unpaired) electrons. The number of thiocarbonyl (C=S) groups is 1. The molecule has 0 spiro atoms. The maximum atomic E-state index is 12.7. The number of benzene rings is 2. The fourth-order valence-electron chi connectivity index (χ4n) is 2.20. The molecule has 24 heavy (non-hydrogen) atoms. The number of amides is 1. The average Bonchev–Trinajstić information content (AvgIpc) is 2.84. The molecule has 1 heterocycles. The Balaban J connectivity index is 1.93. The van der Waals surface area contributed by atoms with E-state index >= 15 is 0 Å². The molecule has 2 aromatic carbocycles. The van der Waals surface area contributed by atoms with Gasteiger partial charge in [0.2, 0.25) is 0 Å². The lowest BCUT2D eigenvalue weighted by Crippen LogP contribution is -2.27. The summed E-state index contributed by atoms with van der Waals surface area (Å²) in [5, 5.41) is 0.803. The van der Waals surface area contributed by atoms with E-state index in [0.29, 0.717) is 25.0 Å². The average molecular weight is 396 g/mol. The van der Waals surface area contributed by atoms with Gasteiger partial charge in [-0.05, 0) is 42.0 Å². The van der Waals surface area contributed by atoms with Crippen molar-refractivity contribution in [2.24, 2.45) is 0 Å². The van der Waals surface area contributed by atoms with Gasteiger partial charge in [0.25, 0.3) is 5.91 Å². The number of carbonyl (C=O) groups is 1. The van der Waals surface area contributed by atoms with Crippen molar-refractivity contribution in [1.82, 2.24) is 0 Å². The molecule has 0 unspecified atom stereocenters. The highest BCUT2D eigenvalue weighted by Gasteiger charge is 2.33. The summed E-state index contributed by atoms with van der Waals surface area (Å²) < 4.78 is 5.65. The summed E-state index contributed by atoms with van der Waals surface area (Å²) in [5.41, 5.74) is 1.46. The molecule has 3 nitrogen and oxygen atoms in total. The molecule has 3 rings (SSSR count). The van der Waals surface area contributed by atoms with Crippen LogP contribution in [0, 0.1) is 0 Å². The van der Waals surface area contributed by atoms with Gasteiger partial charge >= 0.3 is 0 Å². The molecule has 0 aliphatic carbocycles. The molecule has 1 saturated heterocycles. The second-order valence-electron chi connectivity index (χ2n) is 4.89.